The number of hydrogen-bond acceptors (Lipinski definition) is 6. The van der Waals surface area contributed by atoms with E-state index in [0.29, 0.717) is 11.7 Å². The average molecular weight is 347 g/mol. The average Bonchev–Trinajstić information content (AvgIpc) is 3.14. The summed E-state index contributed by atoms with van der Waals surface area (Å²) in [6.45, 7) is 2.02. The van der Waals surface area contributed by atoms with Crippen molar-refractivity contribution in [3.63, 3.8) is 0 Å². The molecule has 7 nitrogen and oxygen atoms in total. The summed E-state index contributed by atoms with van der Waals surface area (Å²) in [6, 6.07) is 18.9. The van der Waals surface area contributed by atoms with Gasteiger partial charge in [0.15, 0.2) is 0 Å². The number of esters is 1. The molecule has 130 valence electrons. The number of aliphatic imine (C=N–C) groups is 1. The van der Waals surface area contributed by atoms with Gasteiger partial charge in [0.25, 0.3) is 5.95 Å². The van der Waals surface area contributed by atoms with Gasteiger partial charge in [-0.25, -0.2) is 9.67 Å². The zero-order chi connectivity index (χ0) is 17.9. The Hall–Kier alpha value is -3.35. The van der Waals surface area contributed by atoms with Crippen LogP contribution < -0.4 is 0 Å². The van der Waals surface area contributed by atoms with Crippen LogP contribution in [0.2, 0.25) is 0 Å². The Morgan fingerprint density at radius 2 is 1.77 bits per heavy atom. The first-order valence-corrected chi connectivity index (χ1v) is 8.32. The van der Waals surface area contributed by atoms with E-state index in [-0.39, 0.29) is 18.6 Å². The smallest absolute Gasteiger partial charge is 0.317 e. The van der Waals surface area contributed by atoms with Gasteiger partial charge in [0.2, 0.25) is 0 Å². The van der Waals surface area contributed by atoms with E-state index in [1.54, 1.807) is 4.68 Å². The largest absolute Gasteiger partial charge is 0.460 e. The number of hydrogen-bond donors (Lipinski definition) is 0. The first-order valence-electron chi connectivity index (χ1n) is 8.32. The maximum atomic E-state index is 12.9. The third-order valence-corrected chi connectivity index (χ3v) is 4.40. The van der Waals surface area contributed by atoms with Crippen LogP contribution in [0.25, 0.3) is 0 Å². The monoisotopic (exact) mass is 347 g/mol. The standard InChI is InChI=1S/C19H17N5O2/c1-13-16(18(25)26-12-14-8-4-2-5-9-14)17(15-10-6-3-7-11-15)24-19(20-13)21-22-23-24/h2-11,16-17H,12H2,1H3. The third kappa shape index (κ3) is 2.99. The summed E-state index contributed by atoms with van der Waals surface area (Å²) in [4.78, 5) is 17.3. The summed E-state index contributed by atoms with van der Waals surface area (Å²) in [5.74, 6) is -0.536. The molecular weight excluding hydrogens is 330 g/mol. The van der Waals surface area contributed by atoms with E-state index in [2.05, 4.69) is 20.5 Å². The van der Waals surface area contributed by atoms with Gasteiger partial charge in [-0.15, -0.1) is 0 Å². The van der Waals surface area contributed by atoms with E-state index in [1.165, 1.54) is 0 Å². The van der Waals surface area contributed by atoms with Gasteiger partial charge in [-0.05, 0) is 28.5 Å². The number of aromatic nitrogens is 4. The minimum absolute atomic E-state index is 0.216. The number of benzene rings is 2. The van der Waals surface area contributed by atoms with Crippen LogP contribution in [0.5, 0.6) is 0 Å². The number of nitrogens with zero attached hydrogens (tertiary/aromatic N) is 5. The molecule has 26 heavy (non-hydrogen) atoms. The molecule has 0 N–H and O–H groups in total. The van der Waals surface area contributed by atoms with E-state index in [1.807, 2.05) is 67.6 Å². The topological polar surface area (TPSA) is 82.3 Å². The Balaban J connectivity index is 1.65. The SMILES string of the molecule is CC1=Nc2nnnn2C(c2ccccc2)C1C(=O)OCc1ccccc1. The fourth-order valence-electron chi connectivity index (χ4n) is 3.14. The molecule has 1 aliphatic rings. The van der Waals surface area contributed by atoms with Gasteiger partial charge < -0.3 is 4.74 Å². The van der Waals surface area contributed by atoms with Gasteiger partial charge in [0.1, 0.15) is 18.6 Å². The molecule has 0 aliphatic carbocycles. The minimum Gasteiger partial charge on any atom is -0.460 e. The van der Waals surface area contributed by atoms with E-state index in [0.717, 1.165) is 11.1 Å². The van der Waals surface area contributed by atoms with Crippen molar-refractivity contribution in [3.8, 4) is 0 Å². The van der Waals surface area contributed by atoms with E-state index in [4.69, 9.17) is 4.74 Å². The van der Waals surface area contributed by atoms with Crippen LogP contribution in [0.3, 0.4) is 0 Å². The van der Waals surface area contributed by atoms with Crippen LogP contribution in [0.4, 0.5) is 5.95 Å². The highest BCUT2D eigenvalue weighted by molar-refractivity contribution is 6.03. The first kappa shape index (κ1) is 16.1. The lowest BCUT2D eigenvalue weighted by Crippen LogP contribution is -2.37. The second-order valence-corrected chi connectivity index (χ2v) is 6.10. The van der Waals surface area contributed by atoms with Crippen LogP contribution in [0, 0.1) is 5.92 Å². The van der Waals surface area contributed by atoms with Crippen molar-refractivity contribution in [1.29, 1.82) is 0 Å². The van der Waals surface area contributed by atoms with Gasteiger partial charge in [-0.2, -0.15) is 0 Å². The van der Waals surface area contributed by atoms with Gasteiger partial charge >= 0.3 is 5.97 Å². The van der Waals surface area contributed by atoms with Gasteiger partial charge in [-0.1, -0.05) is 65.8 Å². The summed E-state index contributed by atoms with van der Waals surface area (Å²) in [6.07, 6.45) is 0. The summed E-state index contributed by atoms with van der Waals surface area (Å²) in [5, 5.41) is 11.7. The van der Waals surface area contributed by atoms with Crippen molar-refractivity contribution in [2.24, 2.45) is 10.9 Å². The molecule has 0 saturated carbocycles. The molecule has 0 amide bonds. The maximum absolute atomic E-state index is 12.9. The summed E-state index contributed by atoms with van der Waals surface area (Å²) < 4.78 is 7.16. The van der Waals surface area contributed by atoms with E-state index < -0.39 is 5.92 Å². The summed E-state index contributed by atoms with van der Waals surface area (Å²) in [7, 11) is 0. The highest BCUT2D eigenvalue weighted by Gasteiger charge is 2.40. The third-order valence-electron chi connectivity index (χ3n) is 4.40. The summed E-state index contributed by atoms with van der Waals surface area (Å²) in [5.41, 5.74) is 2.50. The van der Waals surface area contributed by atoms with Crippen LogP contribution in [0.15, 0.2) is 65.7 Å². The minimum atomic E-state index is -0.586. The Labute approximate surface area is 150 Å². The Kier molecular flexibility index (Phi) is 4.27. The fraction of sp³-hybridized carbons (Fsp3) is 0.211. The van der Waals surface area contributed by atoms with Gasteiger partial charge in [-0.3, -0.25) is 4.79 Å². The normalized spacial score (nSPS) is 18.7. The highest BCUT2D eigenvalue weighted by Crippen LogP contribution is 2.35. The lowest BCUT2D eigenvalue weighted by Gasteiger charge is -2.29. The van der Waals surface area contributed by atoms with Crippen LogP contribution in [-0.4, -0.2) is 31.9 Å². The van der Waals surface area contributed by atoms with E-state index in [9.17, 15) is 4.79 Å². The van der Waals surface area contributed by atoms with Crippen molar-refractivity contribution in [2.75, 3.05) is 0 Å². The van der Waals surface area contributed by atoms with Gasteiger partial charge in [0, 0.05) is 5.71 Å². The second kappa shape index (κ2) is 6.87. The molecule has 2 heterocycles. The zero-order valence-corrected chi connectivity index (χ0v) is 14.2. The number of ether oxygens (including phenoxy) is 1. The molecule has 2 aromatic carbocycles. The second-order valence-electron chi connectivity index (χ2n) is 6.10. The van der Waals surface area contributed by atoms with Crippen LogP contribution in [-0.2, 0) is 16.1 Å². The molecule has 0 radical (unpaired) electrons. The molecule has 7 heteroatoms. The van der Waals surface area contributed by atoms with Crippen LogP contribution >= 0.6 is 0 Å². The molecule has 1 aliphatic heterocycles. The molecule has 0 fully saturated rings. The molecule has 0 bridgehead atoms. The Morgan fingerprint density at radius 1 is 1.08 bits per heavy atom. The molecule has 4 rings (SSSR count). The van der Waals surface area contributed by atoms with Crippen molar-refractivity contribution in [3.05, 3.63) is 71.8 Å². The lowest BCUT2D eigenvalue weighted by atomic mass is 9.88. The van der Waals surface area contributed by atoms with Crippen molar-refractivity contribution in [2.45, 2.75) is 19.6 Å². The molecule has 2 atom stereocenters. The predicted molar refractivity (Wildman–Crippen MR) is 94.9 cm³/mol. The number of carbonyl (C=O) groups excluding carboxylic acids is 1. The highest BCUT2D eigenvalue weighted by atomic mass is 16.5. The predicted octanol–water partition coefficient (Wildman–Crippen LogP) is 2.73. The number of carbonyl (C=O) groups is 1. The van der Waals surface area contributed by atoms with Crippen molar-refractivity contribution >= 4 is 17.6 Å². The maximum Gasteiger partial charge on any atom is 0.317 e. The number of tetrazole rings is 1. The number of fused-ring (bicyclic) bond motifs is 1. The Bertz CT molecular complexity index is 937. The molecule has 2 unspecified atom stereocenters. The zero-order valence-electron chi connectivity index (χ0n) is 14.2. The molecule has 1 aromatic heterocycles. The van der Waals surface area contributed by atoms with Crippen LogP contribution in [0.1, 0.15) is 24.1 Å². The molecule has 0 spiro atoms. The van der Waals surface area contributed by atoms with Crippen molar-refractivity contribution < 1.29 is 9.53 Å². The fourth-order valence-corrected chi connectivity index (χ4v) is 3.14. The Morgan fingerprint density at radius 3 is 2.50 bits per heavy atom. The van der Waals surface area contributed by atoms with Crippen molar-refractivity contribution in [1.82, 2.24) is 20.2 Å². The quantitative estimate of drug-likeness (QED) is 0.678. The first-order chi connectivity index (χ1) is 12.7. The van der Waals surface area contributed by atoms with Gasteiger partial charge in [0.05, 0.1) is 0 Å². The molecule has 3 aromatic rings. The molecule has 0 saturated heterocycles. The molecular formula is C19H17N5O2. The number of rotatable bonds is 4. The van der Waals surface area contributed by atoms with E-state index >= 15 is 0 Å². The lowest BCUT2D eigenvalue weighted by molar-refractivity contribution is -0.148. The summed E-state index contributed by atoms with van der Waals surface area (Å²) >= 11 is 0.